The molecule has 2 aliphatic rings. The molecule has 12 heteroatoms. The maximum atomic E-state index is 14.3. The van der Waals surface area contributed by atoms with Gasteiger partial charge in [0.2, 0.25) is 5.91 Å². The third kappa shape index (κ3) is 7.97. The second-order valence-electron chi connectivity index (χ2n) is 11.1. The summed E-state index contributed by atoms with van der Waals surface area (Å²) in [6, 6.07) is 15.7. The lowest BCUT2D eigenvalue weighted by Gasteiger charge is -2.31. The van der Waals surface area contributed by atoms with Crippen molar-refractivity contribution < 1.29 is 23.9 Å². The Balaban J connectivity index is 1.35. The molecule has 2 atom stereocenters. The predicted octanol–water partition coefficient (Wildman–Crippen LogP) is 5.43. The first-order valence-electron chi connectivity index (χ1n) is 14.8. The van der Waals surface area contributed by atoms with E-state index in [9.17, 15) is 19.2 Å². The molecule has 44 heavy (non-hydrogen) atoms. The fourth-order valence-corrected chi connectivity index (χ4v) is 7.00. The van der Waals surface area contributed by atoms with E-state index in [0.29, 0.717) is 41.4 Å². The first-order valence-corrected chi connectivity index (χ1v) is 16.7. The molecule has 0 bridgehead atoms. The van der Waals surface area contributed by atoms with Crippen molar-refractivity contribution in [3.05, 3.63) is 77.3 Å². The third-order valence-corrected chi connectivity index (χ3v) is 9.63. The van der Waals surface area contributed by atoms with Crippen LogP contribution in [0.5, 0.6) is 0 Å². The van der Waals surface area contributed by atoms with E-state index in [0.717, 1.165) is 24.8 Å². The van der Waals surface area contributed by atoms with Crippen LogP contribution in [0.2, 0.25) is 0 Å². The van der Waals surface area contributed by atoms with Gasteiger partial charge in [-0.2, -0.15) is 0 Å². The average Bonchev–Trinajstić information content (AvgIpc) is 3.49. The minimum atomic E-state index is -0.793. The van der Waals surface area contributed by atoms with Crippen molar-refractivity contribution in [3.63, 3.8) is 0 Å². The summed E-state index contributed by atoms with van der Waals surface area (Å²) in [4.78, 5) is 61.7. The van der Waals surface area contributed by atoms with Crippen molar-refractivity contribution >= 4 is 57.7 Å². The normalized spacial score (nSPS) is 17.6. The quantitative estimate of drug-likeness (QED) is 0.264. The maximum absolute atomic E-state index is 14.3. The Bertz CT molecular complexity index is 1430. The van der Waals surface area contributed by atoms with E-state index in [2.05, 4.69) is 10.3 Å². The number of carbonyl (C=O) groups is 4. The molecule has 1 saturated carbocycles. The van der Waals surface area contributed by atoms with Crippen molar-refractivity contribution in [1.82, 2.24) is 20.1 Å². The molecule has 2 aromatic carbocycles. The van der Waals surface area contributed by atoms with E-state index in [1.807, 2.05) is 30.3 Å². The van der Waals surface area contributed by atoms with Crippen molar-refractivity contribution in [2.75, 3.05) is 24.7 Å². The van der Waals surface area contributed by atoms with E-state index >= 15 is 0 Å². The zero-order chi connectivity index (χ0) is 31.1. The van der Waals surface area contributed by atoms with Crippen molar-refractivity contribution in [1.29, 1.82) is 0 Å². The van der Waals surface area contributed by atoms with Crippen LogP contribution in [0.1, 0.15) is 54.4 Å². The van der Waals surface area contributed by atoms with E-state index in [1.165, 1.54) is 16.2 Å². The van der Waals surface area contributed by atoms with Crippen molar-refractivity contribution in [3.8, 4) is 0 Å². The van der Waals surface area contributed by atoms with Gasteiger partial charge in [-0.1, -0.05) is 36.8 Å². The molecular weight excluding hydrogens is 599 g/mol. The van der Waals surface area contributed by atoms with Gasteiger partial charge in [-0.05, 0) is 55.5 Å². The molecule has 1 aliphatic heterocycles. The Morgan fingerprint density at radius 2 is 1.77 bits per heavy atom. The molecule has 1 saturated heterocycles. The molecular formula is C32H37N5O5S2. The van der Waals surface area contributed by atoms with Gasteiger partial charge < -0.3 is 15.0 Å². The highest BCUT2D eigenvalue weighted by atomic mass is 32.2. The van der Waals surface area contributed by atoms with Gasteiger partial charge >= 0.3 is 6.09 Å². The summed E-state index contributed by atoms with van der Waals surface area (Å²) in [5, 5.41) is 4.96. The number of anilines is 2. The number of ether oxygens (including phenoxy) is 1. The smallest absolute Gasteiger partial charge is 0.411 e. The fourth-order valence-electron chi connectivity index (χ4n) is 4.90. The molecule has 1 N–H and O–H groups in total. The lowest BCUT2D eigenvalue weighted by Crippen LogP contribution is -2.50. The largest absolute Gasteiger partial charge is 0.445 e. The van der Waals surface area contributed by atoms with E-state index in [1.54, 1.807) is 71.5 Å². The molecule has 10 nitrogen and oxygen atoms in total. The van der Waals surface area contributed by atoms with Crippen LogP contribution in [-0.2, 0) is 20.9 Å². The van der Waals surface area contributed by atoms with Gasteiger partial charge in [0.25, 0.3) is 11.8 Å². The van der Waals surface area contributed by atoms with Crippen molar-refractivity contribution in [2.24, 2.45) is 0 Å². The number of thiazole rings is 1. The van der Waals surface area contributed by atoms with Crippen LogP contribution in [0.15, 0.2) is 66.2 Å². The Labute approximate surface area is 265 Å². The molecule has 2 unspecified atom stereocenters. The minimum absolute atomic E-state index is 0.0615. The number of benzene rings is 2. The predicted molar refractivity (Wildman–Crippen MR) is 172 cm³/mol. The monoisotopic (exact) mass is 635 g/mol. The highest BCUT2D eigenvalue weighted by molar-refractivity contribution is 8.00. The number of rotatable bonds is 12. The van der Waals surface area contributed by atoms with E-state index in [-0.39, 0.29) is 35.7 Å². The van der Waals surface area contributed by atoms with E-state index < -0.39 is 12.1 Å². The lowest BCUT2D eigenvalue weighted by atomic mass is 10.1. The van der Waals surface area contributed by atoms with Gasteiger partial charge in [-0.3, -0.25) is 24.2 Å². The number of unbranched alkanes of at least 4 members (excludes halogenated alkanes) is 1. The number of amides is 4. The molecule has 2 heterocycles. The number of hydrogen-bond acceptors (Lipinski definition) is 8. The zero-order valence-electron chi connectivity index (χ0n) is 24.9. The number of carbonyl (C=O) groups excluding carboxylic acids is 4. The highest BCUT2D eigenvalue weighted by Crippen LogP contribution is 2.37. The molecule has 1 aliphatic carbocycles. The molecule has 4 amide bonds. The maximum Gasteiger partial charge on any atom is 0.411 e. The summed E-state index contributed by atoms with van der Waals surface area (Å²) in [5.74, 6) is 0.0152. The topological polar surface area (TPSA) is 112 Å². The average molecular weight is 636 g/mol. The summed E-state index contributed by atoms with van der Waals surface area (Å²) in [5.41, 5.74) is 1.92. The SMILES string of the molecule is CN(C)C(=O)CCCCC1SCC(C(=O)N(c2ccc(C(=O)NC3CC3)cc2)c2nccs2)N1C(=O)OCc1ccccc1. The fraction of sp³-hybridized carbons (Fsp3) is 0.406. The molecule has 232 valence electrons. The van der Waals surface area contributed by atoms with Gasteiger partial charge in [0.1, 0.15) is 12.6 Å². The summed E-state index contributed by atoms with van der Waals surface area (Å²) in [6.45, 7) is 0.0897. The second kappa shape index (κ2) is 14.7. The number of nitrogens with zero attached hydrogens (tertiary/aromatic N) is 4. The van der Waals surface area contributed by atoms with Crippen molar-refractivity contribution in [2.45, 2.75) is 62.6 Å². The van der Waals surface area contributed by atoms with Crippen LogP contribution in [0.4, 0.5) is 15.6 Å². The minimum Gasteiger partial charge on any atom is -0.445 e. The van der Waals surface area contributed by atoms with Crippen LogP contribution >= 0.6 is 23.1 Å². The first kappa shape index (κ1) is 31.5. The van der Waals surface area contributed by atoms with Crippen LogP contribution < -0.4 is 10.2 Å². The Kier molecular flexibility index (Phi) is 10.5. The molecule has 2 fully saturated rings. The highest BCUT2D eigenvalue weighted by Gasteiger charge is 2.45. The van der Waals surface area contributed by atoms with Gasteiger partial charge in [-0.15, -0.1) is 23.1 Å². The van der Waals surface area contributed by atoms with Crippen LogP contribution in [0.25, 0.3) is 0 Å². The van der Waals surface area contributed by atoms with Gasteiger partial charge in [0.05, 0.1) is 11.1 Å². The lowest BCUT2D eigenvalue weighted by molar-refractivity contribution is -0.128. The van der Waals surface area contributed by atoms with E-state index in [4.69, 9.17) is 4.74 Å². The standard InChI is InChI=1S/C32H37N5O5S2/c1-35(2)27(38)10-6-7-11-28-37(32(41)42-20-22-8-4-3-5-9-22)26(21-44-28)30(40)36(31-33-18-19-43-31)25-16-12-23(13-17-25)29(39)34-24-14-15-24/h3-5,8-9,12-13,16-19,24,26,28H,6-7,10-11,14-15,20-21H2,1-2H3,(H,34,39). The third-order valence-electron chi connectivity index (χ3n) is 7.52. The first-order chi connectivity index (χ1) is 21.3. The zero-order valence-corrected chi connectivity index (χ0v) is 26.5. The molecule has 0 radical (unpaired) electrons. The summed E-state index contributed by atoms with van der Waals surface area (Å²) >= 11 is 2.86. The van der Waals surface area contributed by atoms with Crippen LogP contribution in [0, 0.1) is 0 Å². The number of thioether (sulfide) groups is 1. The van der Waals surface area contributed by atoms with Crippen LogP contribution in [-0.4, -0.2) is 75.9 Å². The summed E-state index contributed by atoms with van der Waals surface area (Å²) in [6.07, 6.45) is 5.52. The Morgan fingerprint density at radius 1 is 1.02 bits per heavy atom. The number of hydrogen-bond donors (Lipinski definition) is 1. The number of nitrogens with one attached hydrogen (secondary N) is 1. The molecule has 1 aromatic heterocycles. The summed E-state index contributed by atoms with van der Waals surface area (Å²) < 4.78 is 5.74. The van der Waals surface area contributed by atoms with Gasteiger partial charge in [-0.25, -0.2) is 9.78 Å². The van der Waals surface area contributed by atoms with Gasteiger partial charge in [0.15, 0.2) is 5.13 Å². The Morgan fingerprint density at radius 3 is 2.43 bits per heavy atom. The Hall–Kier alpha value is -3.90. The summed E-state index contributed by atoms with van der Waals surface area (Å²) in [7, 11) is 3.47. The molecule has 3 aromatic rings. The van der Waals surface area contributed by atoms with Crippen LogP contribution in [0.3, 0.4) is 0 Å². The number of aromatic nitrogens is 1. The van der Waals surface area contributed by atoms with Gasteiger partial charge in [0, 0.05) is 49.5 Å². The molecule has 5 rings (SSSR count). The second-order valence-corrected chi connectivity index (χ2v) is 13.2. The molecule has 0 spiro atoms.